The SMILES string of the molecule is C=CC(=O)NCCNC(=O)c1cncc(C(N)=O)c1. The number of carbonyl (C=O) groups excluding carboxylic acids is 3. The van der Waals surface area contributed by atoms with Crippen LogP contribution in [0.1, 0.15) is 20.7 Å². The van der Waals surface area contributed by atoms with E-state index < -0.39 is 11.8 Å². The van der Waals surface area contributed by atoms with Crippen LogP contribution >= 0.6 is 0 Å². The molecule has 0 unspecified atom stereocenters. The highest BCUT2D eigenvalue weighted by molar-refractivity contribution is 5.98. The normalized spacial score (nSPS) is 9.47. The average molecular weight is 262 g/mol. The van der Waals surface area contributed by atoms with Gasteiger partial charge in [0.25, 0.3) is 5.91 Å². The van der Waals surface area contributed by atoms with Crippen molar-refractivity contribution in [1.29, 1.82) is 0 Å². The number of nitrogens with two attached hydrogens (primary N) is 1. The molecular weight excluding hydrogens is 248 g/mol. The van der Waals surface area contributed by atoms with Crippen LogP contribution in [-0.4, -0.2) is 35.8 Å². The fraction of sp³-hybridized carbons (Fsp3) is 0.167. The molecule has 1 aromatic rings. The number of aromatic nitrogens is 1. The molecule has 100 valence electrons. The summed E-state index contributed by atoms with van der Waals surface area (Å²) in [7, 11) is 0. The highest BCUT2D eigenvalue weighted by atomic mass is 16.2. The van der Waals surface area contributed by atoms with Gasteiger partial charge in [0.1, 0.15) is 0 Å². The number of hydrogen-bond donors (Lipinski definition) is 3. The zero-order valence-electron chi connectivity index (χ0n) is 10.2. The smallest absolute Gasteiger partial charge is 0.252 e. The van der Waals surface area contributed by atoms with Crippen LogP contribution < -0.4 is 16.4 Å². The number of hydrogen-bond acceptors (Lipinski definition) is 4. The maximum absolute atomic E-state index is 11.7. The number of primary amides is 1. The fourth-order valence-electron chi connectivity index (χ4n) is 1.23. The molecule has 0 atom stereocenters. The van der Waals surface area contributed by atoms with Gasteiger partial charge in [-0.05, 0) is 12.1 Å². The van der Waals surface area contributed by atoms with Gasteiger partial charge in [-0.25, -0.2) is 0 Å². The van der Waals surface area contributed by atoms with E-state index in [9.17, 15) is 14.4 Å². The molecule has 0 aliphatic rings. The summed E-state index contributed by atoms with van der Waals surface area (Å²) in [4.78, 5) is 37.2. The molecule has 0 bridgehead atoms. The molecule has 1 rings (SSSR count). The predicted molar refractivity (Wildman–Crippen MR) is 68.3 cm³/mol. The zero-order valence-corrected chi connectivity index (χ0v) is 10.2. The first kappa shape index (κ1) is 14.4. The van der Waals surface area contributed by atoms with E-state index in [-0.39, 0.29) is 30.1 Å². The summed E-state index contributed by atoms with van der Waals surface area (Å²) in [5, 5.41) is 5.07. The molecule has 0 spiro atoms. The van der Waals surface area contributed by atoms with Gasteiger partial charge < -0.3 is 16.4 Å². The molecule has 0 aromatic carbocycles. The molecule has 0 fully saturated rings. The summed E-state index contributed by atoms with van der Waals surface area (Å²) in [5.41, 5.74) is 5.47. The predicted octanol–water partition coefficient (Wildman–Crippen LogP) is -0.787. The fourth-order valence-corrected chi connectivity index (χ4v) is 1.23. The van der Waals surface area contributed by atoms with Crippen molar-refractivity contribution in [3.63, 3.8) is 0 Å². The van der Waals surface area contributed by atoms with Crippen LogP contribution in [0.5, 0.6) is 0 Å². The average Bonchev–Trinajstić information content (AvgIpc) is 2.43. The van der Waals surface area contributed by atoms with Crippen molar-refractivity contribution in [2.75, 3.05) is 13.1 Å². The molecule has 0 saturated carbocycles. The largest absolute Gasteiger partial charge is 0.366 e. The van der Waals surface area contributed by atoms with Crippen molar-refractivity contribution in [3.05, 3.63) is 42.2 Å². The Balaban J connectivity index is 2.49. The van der Waals surface area contributed by atoms with Gasteiger partial charge in [0.2, 0.25) is 11.8 Å². The van der Waals surface area contributed by atoms with Crippen molar-refractivity contribution < 1.29 is 14.4 Å². The summed E-state index contributed by atoms with van der Waals surface area (Å²) in [6.45, 7) is 3.82. The molecule has 1 aromatic heterocycles. The summed E-state index contributed by atoms with van der Waals surface area (Å²) >= 11 is 0. The first-order chi connectivity index (χ1) is 9.04. The Hall–Kier alpha value is -2.70. The summed E-state index contributed by atoms with van der Waals surface area (Å²) in [6.07, 6.45) is 3.75. The monoisotopic (exact) mass is 262 g/mol. The van der Waals surface area contributed by atoms with Crippen LogP contribution in [0.25, 0.3) is 0 Å². The molecule has 7 nitrogen and oxygen atoms in total. The molecule has 0 aliphatic carbocycles. The first-order valence-electron chi connectivity index (χ1n) is 5.48. The van der Waals surface area contributed by atoms with E-state index in [4.69, 9.17) is 5.73 Å². The van der Waals surface area contributed by atoms with E-state index in [1.807, 2.05) is 0 Å². The van der Waals surface area contributed by atoms with Crippen molar-refractivity contribution in [2.45, 2.75) is 0 Å². The lowest BCUT2D eigenvalue weighted by molar-refractivity contribution is -0.116. The molecule has 0 radical (unpaired) electrons. The molecular formula is C12H14N4O3. The van der Waals surface area contributed by atoms with Gasteiger partial charge in [-0.15, -0.1) is 0 Å². The van der Waals surface area contributed by atoms with E-state index in [0.29, 0.717) is 0 Å². The molecule has 7 heteroatoms. The number of carbonyl (C=O) groups is 3. The Morgan fingerprint density at radius 2 is 1.84 bits per heavy atom. The van der Waals surface area contributed by atoms with Crippen molar-refractivity contribution in [3.8, 4) is 0 Å². The Kier molecular flexibility index (Phi) is 5.21. The summed E-state index contributed by atoms with van der Waals surface area (Å²) < 4.78 is 0. The molecule has 3 amide bonds. The third-order valence-electron chi connectivity index (χ3n) is 2.18. The molecule has 4 N–H and O–H groups in total. The molecule has 1 heterocycles. The lowest BCUT2D eigenvalue weighted by Crippen LogP contribution is -2.34. The van der Waals surface area contributed by atoms with Crippen LogP contribution in [-0.2, 0) is 4.79 Å². The van der Waals surface area contributed by atoms with E-state index >= 15 is 0 Å². The maximum Gasteiger partial charge on any atom is 0.252 e. The van der Waals surface area contributed by atoms with E-state index in [2.05, 4.69) is 22.2 Å². The van der Waals surface area contributed by atoms with Crippen molar-refractivity contribution in [1.82, 2.24) is 15.6 Å². The van der Waals surface area contributed by atoms with Crippen molar-refractivity contribution in [2.24, 2.45) is 5.73 Å². The van der Waals surface area contributed by atoms with Gasteiger partial charge in [0, 0.05) is 25.5 Å². The second kappa shape index (κ2) is 6.90. The quantitative estimate of drug-likeness (QED) is 0.460. The van der Waals surface area contributed by atoms with Crippen LogP contribution in [0.4, 0.5) is 0 Å². The summed E-state index contributed by atoms with van der Waals surface area (Å²) in [6, 6.07) is 1.35. The molecule has 0 aliphatic heterocycles. The zero-order chi connectivity index (χ0) is 14.3. The molecule has 19 heavy (non-hydrogen) atoms. The van der Waals surface area contributed by atoms with E-state index in [0.717, 1.165) is 6.08 Å². The van der Waals surface area contributed by atoms with Crippen LogP contribution in [0, 0.1) is 0 Å². The minimum absolute atomic E-state index is 0.160. The van der Waals surface area contributed by atoms with Gasteiger partial charge >= 0.3 is 0 Å². The van der Waals surface area contributed by atoms with Gasteiger partial charge in [-0.2, -0.15) is 0 Å². The van der Waals surface area contributed by atoms with Crippen LogP contribution in [0.3, 0.4) is 0 Å². The first-order valence-corrected chi connectivity index (χ1v) is 5.48. The summed E-state index contributed by atoms with van der Waals surface area (Å²) in [5.74, 6) is -1.37. The van der Waals surface area contributed by atoms with E-state index in [1.165, 1.54) is 18.5 Å². The van der Waals surface area contributed by atoms with Gasteiger partial charge in [-0.1, -0.05) is 6.58 Å². The third-order valence-corrected chi connectivity index (χ3v) is 2.18. The number of pyridine rings is 1. The topological polar surface area (TPSA) is 114 Å². The number of amides is 3. The highest BCUT2D eigenvalue weighted by Gasteiger charge is 2.08. The number of nitrogens with zero attached hydrogens (tertiary/aromatic N) is 1. The molecule has 0 saturated heterocycles. The van der Waals surface area contributed by atoms with Gasteiger partial charge in [0.05, 0.1) is 11.1 Å². The second-order valence-electron chi connectivity index (χ2n) is 3.58. The maximum atomic E-state index is 11.7. The van der Waals surface area contributed by atoms with Gasteiger partial charge in [0.15, 0.2) is 0 Å². The highest BCUT2D eigenvalue weighted by Crippen LogP contribution is 2.01. The lowest BCUT2D eigenvalue weighted by atomic mass is 10.2. The number of nitrogens with one attached hydrogen (secondary N) is 2. The van der Waals surface area contributed by atoms with Crippen LogP contribution in [0.2, 0.25) is 0 Å². The standard InChI is InChI=1S/C12H14N4O3/c1-2-10(17)15-3-4-16-12(19)9-5-8(11(13)18)6-14-7-9/h2,5-7H,1,3-4H2,(H2,13,18)(H,15,17)(H,16,19). The number of rotatable bonds is 6. The Morgan fingerprint density at radius 3 is 2.47 bits per heavy atom. The minimum atomic E-state index is -0.652. The van der Waals surface area contributed by atoms with Crippen LogP contribution in [0.15, 0.2) is 31.1 Å². The Bertz CT molecular complexity index is 513. The third kappa shape index (κ3) is 4.58. The van der Waals surface area contributed by atoms with E-state index in [1.54, 1.807) is 0 Å². The lowest BCUT2D eigenvalue weighted by Gasteiger charge is -2.06. The Labute approximate surface area is 109 Å². The second-order valence-corrected chi connectivity index (χ2v) is 3.58. The Morgan fingerprint density at radius 1 is 1.21 bits per heavy atom. The van der Waals surface area contributed by atoms with Gasteiger partial charge in [-0.3, -0.25) is 19.4 Å². The van der Waals surface area contributed by atoms with Crippen molar-refractivity contribution >= 4 is 17.7 Å². The minimum Gasteiger partial charge on any atom is -0.366 e.